The molecule has 1 aromatic carbocycles. The largest absolute Gasteiger partial charge is 0.308 e. The number of pyridine rings is 1. The van der Waals surface area contributed by atoms with Crippen molar-refractivity contribution in [3.63, 3.8) is 0 Å². The van der Waals surface area contributed by atoms with E-state index in [0.717, 1.165) is 28.1 Å². The number of hydrogen-bond acceptors (Lipinski definition) is 3. The Morgan fingerprint density at radius 3 is 2.95 bits per heavy atom. The monoisotopic (exact) mass is 296 g/mol. The number of benzene rings is 1. The third kappa shape index (κ3) is 2.61. The number of aromatic nitrogens is 3. The van der Waals surface area contributed by atoms with E-state index in [9.17, 15) is 0 Å². The molecule has 0 spiro atoms. The van der Waals surface area contributed by atoms with Crippen molar-refractivity contribution >= 4 is 22.8 Å². The lowest BCUT2D eigenvalue weighted by Gasteiger charge is -2.07. The first-order valence-corrected chi connectivity index (χ1v) is 7.02. The average molecular weight is 297 g/mol. The molecule has 0 atom stereocenters. The van der Waals surface area contributed by atoms with Gasteiger partial charge in [-0.25, -0.2) is 9.97 Å². The number of rotatable bonds is 3. The molecule has 0 bridgehead atoms. The summed E-state index contributed by atoms with van der Waals surface area (Å²) in [7, 11) is 0. The normalized spacial score (nSPS) is 10.7. The van der Waals surface area contributed by atoms with E-state index in [1.807, 2.05) is 29.7 Å². The Bertz CT molecular complexity index is 845. The maximum Gasteiger partial charge on any atom is 0.160 e. The van der Waals surface area contributed by atoms with E-state index in [-0.39, 0.29) is 0 Å². The minimum atomic E-state index is 0.411. The van der Waals surface area contributed by atoms with E-state index in [1.54, 1.807) is 12.3 Å². The van der Waals surface area contributed by atoms with Gasteiger partial charge in [-0.3, -0.25) is 0 Å². The molecule has 2 heterocycles. The Kier molecular flexibility index (Phi) is 3.59. The number of halogens is 1. The summed E-state index contributed by atoms with van der Waals surface area (Å²) in [5, 5.41) is 9.42. The molecule has 104 valence electrons. The summed E-state index contributed by atoms with van der Waals surface area (Å²) in [5.41, 5.74) is 3.68. The quantitative estimate of drug-likeness (QED) is 0.734. The van der Waals surface area contributed by atoms with Gasteiger partial charge in [0, 0.05) is 18.3 Å². The molecule has 4 nitrogen and oxygen atoms in total. The van der Waals surface area contributed by atoms with Crippen LogP contribution < -0.4 is 0 Å². The Hall–Kier alpha value is -2.38. The summed E-state index contributed by atoms with van der Waals surface area (Å²) in [6.45, 7) is 2.60. The second-order valence-electron chi connectivity index (χ2n) is 4.86. The predicted octanol–water partition coefficient (Wildman–Crippen LogP) is 3.97. The van der Waals surface area contributed by atoms with E-state index < -0.39 is 0 Å². The van der Waals surface area contributed by atoms with E-state index >= 15 is 0 Å². The zero-order valence-corrected chi connectivity index (χ0v) is 12.3. The van der Waals surface area contributed by atoms with Crippen molar-refractivity contribution in [1.82, 2.24) is 14.5 Å². The number of imidazole rings is 1. The van der Waals surface area contributed by atoms with E-state index in [1.165, 1.54) is 0 Å². The van der Waals surface area contributed by atoms with Crippen LogP contribution in [0.3, 0.4) is 0 Å². The van der Waals surface area contributed by atoms with Crippen LogP contribution in [0.4, 0.5) is 0 Å². The van der Waals surface area contributed by atoms with Crippen molar-refractivity contribution in [2.45, 2.75) is 19.9 Å². The van der Waals surface area contributed by atoms with Crippen LogP contribution in [-0.2, 0) is 6.54 Å². The minimum absolute atomic E-state index is 0.411. The molecule has 21 heavy (non-hydrogen) atoms. The Labute approximate surface area is 127 Å². The number of fused-ring (bicyclic) bond motifs is 1. The second kappa shape index (κ2) is 5.55. The summed E-state index contributed by atoms with van der Waals surface area (Å²) in [6, 6.07) is 12.1. The third-order valence-corrected chi connectivity index (χ3v) is 3.48. The van der Waals surface area contributed by atoms with Gasteiger partial charge in [-0.15, -0.1) is 0 Å². The maximum absolute atomic E-state index is 8.86. The van der Waals surface area contributed by atoms with Crippen molar-refractivity contribution in [3.05, 3.63) is 47.1 Å². The zero-order chi connectivity index (χ0) is 14.8. The average Bonchev–Trinajstić information content (AvgIpc) is 2.82. The molecule has 0 unspecified atom stereocenters. The Balaban J connectivity index is 2.23. The van der Waals surface area contributed by atoms with Gasteiger partial charge in [0.05, 0.1) is 17.5 Å². The van der Waals surface area contributed by atoms with Crippen LogP contribution >= 0.6 is 11.6 Å². The molecule has 0 aliphatic heterocycles. The molecule has 0 amide bonds. The molecular weight excluding hydrogens is 284 g/mol. The van der Waals surface area contributed by atoms with Crippen LogP contribution in [0.25, 0.3) is 22.6 Å². The van der Waals surface area contributed by atoms with Crippen LogP contribution in [0.15, 0.2) is 36.5 Å². The molecule has 3 aromatic rings. The van der Waals surface area contributed by atoms with Gasteiger partial charge in [0.2, 0.25) is 0 Å². The second-order valence-corrected chi connectivity index (χ2v) is 5.30. The van der Waals surface area contributed by atoms with Crippen molar-refractivity contribution in [1.29, 1.82) is 5.26 Å². The highest BCUT2D eigenvalue weighted by molar-refractivity contribution is 6.31. The molecule has 0 fully saturated rings. The number of nitriles is 1. The zero-order valence-electron chi connectivity index (χ0n) is 11.5. The van der Waals surface area contributed by atoms with Crippen molar-refractivity contribution in [2.24, 2.45) is 0 Å². The molecule has 0 aliphatic carbocycles. The Morgan fingerprint density at radius 1 is 1.33 bits per heavy atom. The lowest BCUT2D eigenvalue weighted by molar-refractivity contribution is 0.737. The van der Waals surface area contributed by atoms with Crippen LogP contribution in [-0.4, -0.2) is 14.5 Å². The fourth-order valence-corrected chi connectivity index (χ4v) is 2.52. The first-order chi connectivity index (χ1) is 10.2. The summed E-state index contributed by atoms with van der Waals surface area (Å²) < 4.78 is 1.98. The van der Waals surface area contributed by atoms with E-state index in [2.05, 4.69) is 22.1 Å². The number of nitrogens with zero attached hydrogens (tertiary/aromatic N) is 4. The number of hydrogen-bond donors (Lipinski definition) is 0. The highest BCUT2D eigenvalue weighted by Crippen LogP contribution is 2.26. The van der Waals surface area contributed by atoms with Gasteiger partial charge in [-0.05, 0) is 19.1 Å². The fraction of sp³-hybridized carbons (Fsp3) is 0.188. The summed E-state index contributed by atoms with van der Waals surface area (Å²) >= 11 is 5.99. The van der Waals surface area contributed by atoms with Gasteiger partial charge in [0.25, 0.3) is 0 Å². The van der Waals surface area contributed by atoms with Crippen LogP contribution in [0.2, 0.25) is 5.02 Å². The highest BCUT2D eigenvalue weighted by atomic mass is 35.5. The molecule has 0 radical (unpaired) electrons. The van der Waals surface area contributed by atoms with Gasteiger partial charge in [0.15, 0.2) is 5.65 Å². The molecule has 2 aromatic heterocycles. The van der Waals surface area contributed by atoms with Crippen molar-refractivity contribution < 1.29 is 0 Å². The molecule has 5 heteroatoms. The smallest absolute Gasteiger partial charge is 0.160 e. The lowest BCUT2D eigenvalue weighted by atomic mass is 10.1. The standard InChI is InChI=1S/C16H13ClN4/c1-11-4-2-5-12(8-11)15-20-14-9-13(17)10-19-16(14)21(15)7-3-6-18/h2,4-5,8-10H,3,7H2,1H3. The van der Waals surface area contributed by atoms with Crippen LogP contribution in [0, 0.1) is 18.3 Å². The molecule has 0 aliphatic rings. The molecule has 0 N–H and O–H groups in total. The fourth-order valence-electron chi connectivity index (χ4n) is 2.36. The van der Waals surface area contributed by atoms with Gasteiger partial charge in [-0.1, -0.05) is 35.4 Å². The molecule has 0 saturated carbocycles. The summed E-state index contributed by atoms with van der Waals surface area (Å²) in [5.74, 6) is 0.818. The SMILES string of the molecule is Cc1cccc(-c2nc3cc(Cl)cnc3n2CCC#N)c1. The van der Waals surface area contributed by atoms with E-state index in [0.29, 0.717) is 18.0 Å². The first-order valence-electron chi connectivity index (χ1n) is 6.65. The lowest BCUT2D eigenvalue weighted by Crippen LogP contribution is -2.01. The summed E-state index contributed by atoms with van der Waals surface area (Å²) in [4.78, 5) is 9.01. The first kappa shape index (κ1) is 13.6. The van der Waals surface area contributed by atoms with Crippen molar-refractivity contribution in [3.8, 4) is 17.5 Å². The van der Waals surface area contributed by atoms with Gasteiger partial charge in [-0.2, -0.15) is 5.26 Å². The van der Waals surface area contributed by atoms with Crippen molar-refractivity contribution in [2.75, 3.05) is 0 Å². The minimum Gasteiger partial charge on any atom is -0.308 e. The maximum atomic E-state index is 8.86. The van der Waals surface area contributed by atoms with E-state index in [4.69, 9.17) is 16.9 Å². The predicted molar refractivity (Wildman–Crippen MR) is 82.9 cm³/mol. The topological polar surface area (TPSA) is 54.5 Å². The van der Waals surface area contributed by atoms with Gasteiger partial charge in [0.1, 0.15) is 11.3 Å². The number of aryl methyl sites for hydroxylation is 2. The van der Waals surface area contributed by atoms with Crippen LogP contribution in [0.5, 0.6) is 0 Å². The Morgan fingerprint density at radius 2 is 2.19 bits per heavy atom. The molecule has 3 rings (SSSR count). The van der Waals surface area contributed by atoms with Gasteiger partial charge >= 0.3 is 0 Å². The summed E-state index contributed by atoms with van der Waals surface area (Å²) in [6.07, 6.45) is 2.02. The van der Waals surface area contributed by atoms with Crippen LogP contribution in [0.1, 0.15) is 12.0 Å². The molecule has 0 saturated heterocycles. The molecular formula is C16H13ClN4. The van der Waals surface area contributed by atoms with Gasteiger partial charge < -0.3 is 4.57 Å². The third-order valence-electron chi connectivity index (χ3n) is 3.28. The highest BCUT2D eigenvalue weighted by Gasteiger charge is 2.14.